The SMILES string of the molecule is CO[C@@H]1CC(C)c2c1ncnc2N1CCNC[C@@H]1C.Cl.Cl. The Hall–Kier alpha value is -0.620. The zero-order chi connectivity index (χ0) is 13.4. The van der Waals surface area contributed by atoms with Gasteiger partial charge in [-0.3, -0.25) is 0 Å². The number of hydrogen-bond donors (Lipinski definition) is 1. The fourth-order valence-electron chi connectivity index (χ4n) is 3.27. The molecule has 0 spiro atoms. The van der Waals surface area contributed by atoms with Crippen LogP contribution in [0, 0.1) is 0 Å². The van der Waals surface area contributed by atoms with Gasteiger partial charge >= 0.3 is 0 Å². The zero-order valence-electron chi connectivity index (χ0n) is 12.7. The predicted molar refractivity (Wildman–Crippen MR) is 89.0 cm³/mol. The molecular formula is C14H24Cl2N4O. The van der Waals surface area contributed by atoms with Crippen LogP contribution in [0.4, 0.5) is 5.82 Å². The molecule has 1 N–H and O–H groups in total. The van der Waals surface area contributed by atoms with E-state index in [-0.39, 0.29) is 30.9 Å². The smallest absolute Gasteiger partial charge is 0.136 e. The first-order valence-corrected chi connectivity index (χ1v) is 7.07. The third kappa shape index (κ3) is 3.26. The van der Waals surface area contributed by atoms with Gasteiger partial charge in [0.1, 0.15) is 18.2 Å². The second-order valence-corrected chi connectivity index (χ2v) is 5.60. The van der Waals surface area contributed by atoms with Crippen molar-refractivity contribution in [2.75, 3.05) is 31.6 Å². The lowest BCUT2D eigenvalue weighted by molar-refractivity contribution is 0.0982. The molecule has 1 aromatic rings. The summed E-state index contributed by atoms with van der Waals surface area (Å²) in [6.45, 7) is 7.53. The molecule has 7 heteroatoms. The first kappa shape index (κ1) is 18.4. The molecule has 1 unspecified atom stereocenters. The Morgan fingerprint density at radius 2 is 2.05 bits per heavy atom. The number of nitrogens with one attached hydrogen (secondary N) is 1. The third-order valence-electron chi connectivity index (χ3n) is 4.32. The van der Waals surface area contributed by atoms with E-state index in [2.05, 4.69) is 34.0 Å². The van der Waals surface area contributed by atoms with Crippen LogP contribution in [0.3, 0.4) is 0 Å². The van der Waals surface area contributed by atoms with Gasteiger partial charge < -0.3 is 15.0 Å². The van der Waals surface area contributed by atoms with Crippen LogP contribution in [0.15, 0.2) is 6.33 Å². The fraction of sp³-hybridized carbons (Fsp3) is 0.714. The van der Waals surface area contributed by atoms with Crippen molar-refractivity contribution in [2.24, 2.45) is 0 Å². The number of halogens is 2. The Bertz CT molecular complexity index is 474. The number of nitrogens with zero attached hydrogens (tertiary/aromatic N) is 3. The van der Waals surface area contributed by atoms with Crippen molar-refractivity contribution in [3.05, 3.63) is 17.6 Å². The summed E-state index contributed by atoms with van der Waals surface area (Å²) in [5, 5.41) is 3.42. The maximum Gasteiger partial charge on any atom is 0.136 e. The molecule has 1 fully saturated rings. The van der Waals surface area contributed by atoms with Crippen molar-refractivity contribution in [3.63, 3.8) is 0 Å². The Morgan fingerprint density at radius 3 is 2.71 bits per heavy atom. The van der Waals surface area contributed by atoms with Crippen LogP contribution in [0.25, 0.3) is 0 Å². The summed E-state index contributed by atoms with van der Waals surface area (Å²) in [7, 11) is 1.77. The molecular weight excluding hydrogens is 311 g/mol. The molecule has 1 aliphatic heterocycles. The van der Waals surface area contributed by atoms with Crippen molar-refractivity contribution >= 4 is 30.6 Å². The normalized spacial score (nSPS) is 27.6. The molecule has 0 bridgehead atoms. The summed E-state index contributed by atoms with van der Waals surface area (Å²) in [6.07, 6.45) is 2.83. The quantitative estimate of drug-likeness (QED) is 0.899. The van der Waals surface area contributed by atoms with E-state index in [1.807, 2.05) is 0 Å². The average molecular weight is 335 g/mol. The van der Waals surface area contributed by atoms with Crippen molar-refractivity contribution in [1.82, 2.24) is 15.3 Å². The second kappa shape index (κ2) is 7.58. The van der Waals surface area contributed by atoms with Crippen molar-refractivity contribution in [2.45, 2.75) is 38.3 Å². The summed E-state index contributed by atoms with van der Waals surface area (Å²) >= 11 is 0. The van der Waals surface area contributed by atoms with Gasteiger partial charge in [-0.25, -0.2) is 9.97 Å². The van der Waals surface area contributed by atoms with E-state index in [1.165, 1.54) is 5.56 Å². The Kier molecular flexibility index (Phi) is 6.66. The largest absolute Gasteiger partial charge is 0.375 e. The fourth-order valence-corrected chi connectivity index (χ4v) is 3.27. The molecule has 2 aliphatic rings. The molecule has 3 atom stereocenters. The average Bonchev–Trinajstić information content (AvgIpc) is 2.76. The van der Waals surface area contributed by atoms with Crippen LogP contribution in [0.5, 0.6) is 0 Å². The van der Waals surface area contributed by atoms with E-state index >= 15 is 0 Å². The minimum atomic E-state index is 0. The number of hydrogen-bond acceptors (Lipinski definition) is 5. The highest BCUT2D eigenvalue weighted by molar-refractivity contribution is 5.85. The van der Waals surface area contributed by atoms with Crippen molar-refractivity contribution < 1.29 is 4.74 Å². The van der Waals surface area contributed by atoms with Gasteiger partial charge in [-0.1, -0.05) is 6.92 Å². The maximum absolute atomic E-state index is 5.56. The van der Waals surface area contributed by atoms with Gasteiger partial charge in [-0.15, -0.1) is 24.8 Å². The van der Waals surface area contributed by atoms with Gasteiger partial charge in [-0.05, 0) is 19.3 Å². The van der Waals surface area contributed by atoms with Gasteiger partial charge in [0.2, 0.25) is 0 Å². The number of fused-ring (bicyclic) bond motifs is 1. The number of methoxy groups -OCH3 is 1. The third-order valence-corrected chi connectivity index (χ3v) is 4.32. The zero-order valence-corrected chi connectivity index (χ0v) is 14.3. The maximum atomic E-state index is 5.56. The molecule has 1 saturated heterocycles. The molecule has 120 valence electrons. The van der Waals surface area contributed by atoms with E-state index in [9.17, 15) is 0 Å². The summed E-state index contributed by atoms with van der Waals surface area (Å²) in [5.41, 5.74) is 2.38. The Labute approximate surface area is 138 Å². The lowest BCUT2D eigenvalue weighted by Crippen LogP contribution is -2.50. The first-order chi connectivity index (χ1) is 9.22. The van der Waals surface area contributed by atoms with Gasteiger partial charge in [-0.2, -0.15) is 0 Å². The van der Waals surface area contributed by atoms with Gasteiger partial charge in [0.25, 0.3) is 0 Å². The molecule has 21 heavy (non-hydrogen) atoms. The number of anilines is 1. The predicted octanol–water partition coefficient (Wildman–Crippen LogP) is 2.31. The highest BCUT2D eigenvalue weighted by Gasteiger charge is 2.35. The lowest BCUT2D eigenvalue weighted by Gasteiger charge is -2.36. The Morgan fingerprint density at radius 1 is 1.29 bits per heavy atom. The molecule has 0 amide bonds. The summed E-state index contributed by atoms with van der Waals surface area (Å²) in [6, 6.07) is 0.474. The van der Waals surface area contributed by atoms with E-state index in [0.29, 0.717) is 12.0 Å². The lowest BCUT2D eigenvalue weighted by atomic mass is 10.0. The second-order valence-electron chi connectivity index (χ2n) is 5.60. The molecule has 2 heterocycles. The molecule has 0 radical (unpaired) electrons. The van der Waals surface area contributed by atoms with E-state index in [1.54, 1.807) is 13.4 Å². The number of ether oxygens (including phenoxy) is 1. The molecule has 1 aliphatic carbocycles. The van der Waals surface area contributed by atoms with E-state index < -0.39 is 0 Å². The summed E-state index contributed by atoms with van der Waals surface area (Å²) in [5.74, 6) is 1.59. The minimum Gasteiger partial charge on any atom is -0.375 e. The highest BCUT2D eigenvalue weighted by atomic mass is 35.5. The summed E-state index contributed by atoms with van der Waals surface area (Å²) < 4.78 is 5.56. The molecule has 0 saturated carbocycles. The van der Waals surface area contributed by atoms with Crippen LogP contribution in [0.1, 0.15) is 43.5 Å². The van der Waals surface area contributed by atoms with Crippen molar-refractivity contribution in [1.29, 1.82) is 0 Å². The molecule has 5 nitrogen and oxygen atoms in total. The topological polar surface area (TPSA) is 50.3 Å². The number of rotatable bonds is 2. The molecule has 1 aromatic heterocycles. The van der Waals surface area contributed by atoms with Crippen LogP contribution in [0.2, 0.25) is 0 Å². The van der Waals surface area contributed by atoms with Crippen LogP contribution in [-0.4, -0.2) is 42.8 Å². The van der Waals surface area contributed by atoms with E-state index in [4.69, 9.17) is 4.74 Å². The standard InChI is InChI=1S/C14H22N4O.2ClH/c1-9-6-11(19-3)13-12(9)14(17-8-16-13)18-5-4-15-7-10(18)2;;/h8-11,15H,4-7H2,1-3H3;2*1H/t9?,10-,11+;;/m0../s1. The monoisotopic (exact) mass is 334 g/mol. The minimum absolute atomic E-state index is 0. The number of piperazine rings is 1. The van der Waals surface area contributed by atoms with Gasteiger partial charge in [0, 0.05) is 38.3 Å². The van der Waals surface area contributed by atoms with Crippen molar-refractivity contribution in [3.8, 4) is 0 Å². The van der Waals surface area contributed by atoms with Gasteiger partial charge in [0.15, 0.2) is 0 Å². The first-order valence-electron chi connectivity index (χ1n) is 7.07. The summed E-state index contributed by atoms with van der Waals surface area (Å²) in [4.78, 5) is 11.4. The highest BCUT2D eigenvalue weighted by Crippen LogP contribution is 2.44. The van der Waals surface area contributed by atoms with Gasteiger partial charge in [0.05, 0.1) is 5.69 Å². The van der Waals surface area contributed by atoms with Crippen LogP contribution in [-0.2, 0) is 4.74 Å². The van der Waals surface area contributed by atoms with Crippen LogP contribution < -0.4 is 10.2 Å². The molecule has 0 aromatic carbocycles. The van der Waals surface area contributed by atoms with Crippen LogP contribution >= 0.6 is 24.8 Å². The van der Waals surface area contributed by atoms with E-state index in [0.717, 1.165) is 37.6 Å². The molecule has 3 rings (SSSR count). The Balaban J connectivity index is 0.00000110. The number of aromatic nitrogens is 2.